The van der Waals surface area contributed by atoms with Crippen LogP contribution in [0.3, 0.4) is 0 Å². The number of phosphoric ester groups is 2. The van der Waals surface area contributed by atoms with Gasteiger partial charge in [-0.1, -0.05) is 415 Å². The molecule has 0 spiro atoms. The first kappa shape index (κ1) is 106. The van der Waals surface area contributed by atoms with Crippen molar-refractivity contribution in [3.63, 3.8) is 0 Å². The minimum Gasteiger partial charge on any atom is -0.462 e. The molecule has 0 aliphatic carbocycles. The average molecular weight is 1580 g/mol. The van der Waals surface area contributed by atoms with Crippen LogP contribution in [0.2, 0.25) is 0 Å². The fraction of sp³-hybridized carbons (Fsp3) is 0.955. The lowest BCUT2D eigenvalue weighted by Crippen LogP contribution is -2.30. The normalized spacial score (nSPS) is 14.1. The van der Waals surface area contributed by atoms with Gasteiger partial charge in [0.2, 0.25) is 0 Å². The van der Waals surface area contributed by atoms with Gasteiger partial charge in [-0.15, -0.1) is 0 Å². The number of carbonyl (C=O) groups excluding carboxylic acids is 4. The first-order valence-corrected chi connectivity index (χ1v) is 48.7. The number of aliphatic hydroxyl groups excluding tert-OH is 1. The molecule has 642 valence electrons. The number of carbonyl (C=O) groups is 4. The summed E-state index contributed by atoms with van der Waals surface area (Å²) >= 11 is 0. The molecule has 17 nitrogen and oxygen atoms in total. The van der Waals surface area contributed by atoms with E-state index >= 15 is 0 Å². The Hall–Kier alpha value is -1.94. The number of aliphatic hydroxyl groups is 1. The maximum Gasteiger partial charge on any atom is 0.472 e. The Kier molecular flexibility index (Phi) is 76.2. The molecule has 0 rings (SSSR count). The van der Waals surface area contributed by atoms with E-state index in [0.29, 0.717) is 25.7 Å². The molecule has 19 heteroatoms. The van der Waals surface area contributed by atoms with Gasteiger partial charge in [-0.2, -0.15) is 0 Å². The molecule has 0 aromatic rings. The van der Waals surface area contributed by atoms with Crippen molar-refractivity contribution < 1.29 is 80.2 Å². The Balaban J connectivity index is 5.23. The van der Waals surface area contributed by atoms with Crippen LogP contribution in [0, 0.1) is 23.7 Å². The zero-order valence-electron chi connectivity index (χ0n) is 71.5. The first-order valence-electron chi connectivity index (χ1n) is 45.7. The van der Waals surface area contributed by atoms with E-state index in [1.54, 1.807) is 0 Å². The fourth-order valence-electron chi connectivity index (χ4n) is 13.8. The molecule has 0 heterocycles. The third-order valence-electron chi connectivity index (χ3n) is 21.2. The van der Waals surface area contributed by atoms with Gasteiger partial charge in [0.1, 0.15) is 19.3 Å². The van der Waals surface area contributed by atoms with E-state index in [-0.39, 0.29) is 25.7 Å². The van der Waals surface area contributed by atoms with Crippen LogP contribution >= 0.6 is 15.6 Å². The molecule has 108 heavy (non-hydrogen) atoms. The second kappa shape index (κ2) is 77.6. The summed E-state index contributed by atoms with van der Waals surface area (Å²) in [5.41, 5.74) is 0. The molecule has 0 radical (unpaired) electrons. The number of ether oxygens (including phenoxy) is 4. The van der Waals surface area contributed by atoms with Crippen molar-refractivity contribution in [2.45, 2.75) is 485 Å². The van der Waals surface area contributed by atoms with Crippen LogP contribution in [-0.2, 0) is 65.4 Å². The topological polar surface area (TPSA) is 237 Å². The molecule has 0 aromatic heterocycles. The summed E-state index contributed by atoms with van der Waals surface area (Å²) in [4.78, 5) is 73.3. The van der Waals surface area contributed by atoms with Crippen molar-refractivity contribution in [1.29, 1.82) is 0 Å². The molecule has 0 aromatic carbocycles. The average Bonchev–Trinajstić information content (AvgIpc) is 0.897. The van der Waals surface area contributed by atoms with E-state index in [1.165, 1.54) is 270 Å². The van der Waals surface area contributed by atoms with Crippen molar-refractivity contribution in [1.82, 2.24) is 0 Å². The summed E-state index contributed by atoms with van der Waals surface area (Å²) in [6.07, 6.45) is 68.2. The minimum atomic E-state index is -4.97. The van der Waals surface area contributed by atoms with E-state index in [4.69, 9.17) is 37.0 Å². The Labute approximate surface area is 664 Å². The second-order valence-corrected chi connectivity index (χ2v) is 36.6. The zero-order chi connectivity index (χ0) is 79.5. The smallest absolute Gasteiger partial charge is 0.462 e. The molecule has 0 aliphatic rings. The SMILES string of the molecule is CCC(C)CCCCCCCCCCCCCCCCCCCCC(=O)O[C@H](COC(=O)CCCCCCCCCCCCCCCCCCCCC(C)C)COP(=O)(O)OC[C@@H](O)COP(=O)(O)OC[C@@H](COC(=O)CCCCCCCCCCC(C)C)OC(=O)CCCCCCCCCCCCCC(C)C. The number of hydrogen-bond acceptors (Lipinski definition) is 15. The van der Waals surface area contributed by atoms with Crippen molar-refractivity contribution >= 4 is 39.5 Å². The number of phosphoric acid groups is 2. The molecular weight excluding hydrogens is 1400 g/mol. The molecule has 0 saturated carbocycles. The molecule has 3 N–H and O–H groups in total. The summed E-state index contributed by atoms with van der Waals surface area (Å²) in [5, 5.41) is 10.7. The van der Waals surface area contributed by atoms with E-state index < -0.39 is 97.5 Å². The molecule has 0 fully saturated rings. The van der Waals surface area contributed by atoms with E-state index in [9.17, 15) is 43.2 Å². The van der Waals surface area contributed by atoms with E-state index in [0.717, 1.165) is 114 Å². The van der Waals surface area contributed by atoms with Gasteiger partial charge >= 0.3 is 39.5 Å². The highest BCUT2D eigenvalue weighted by Crippen LogP contribution is 2.45. The maximum atomic E-state index is 13.2. The lowest BCUT2D eigenvalue weighted by Gasteiger charge is -2.21. The number of unbranched alkanes of at least 4 members (excludes halogenated alkanes) is 51. The summed E-state index contributed by atoms with van der Waals surface area (Å²) in [5.74, 6) is 1.08. The Morgan fingerprint density at radius 2 is 0.444 bits per heavy atom. The number of hydrogen-bond donors (Lipinski definition) is 3. The highest BCUT2D eigenvalue weighted by molar-refractivity contribution is 7.47. The highest BCUT2D eigenvalue weighted by Gasteiger charge is 2.31. The van der Waals surface area contributed by atoms with Crippen molar-refractivity contribution in [3.05, 3.63) is 0 Å². The van der Waals surface area contributed by atoms with Gasteiger partial charge in [-0.05, 0) is 49.4 Å². The van der Waals surface area contributed by atoms with Crippen LogP contribution in [0.25, 0.3) is 0 Å². The summed E-state index contributed by atoms with van der Waals surface area (Å²) in [7, 11) is -9.93. The number of rotatable bonds is 86. The maximum absolute atomic E-state index is 13.2. The summed E-state index contributed by atoms with van der Waals surface area (Å²) < 4.78 is 69.0. The predicted octanol–water partition coefficient (Wildman–Crippen LogP) is 27.1. The van der Waals surface area contributed by atoms with Gasteiger partial charge in [0.05, 0.1) is 26.4 Å². The Morgan fingerprint density at radius 3 is 0.657 bits per heavy atom. The molecule has 3 unspecified atom stereocenters. The fourth-order valence-corrected chi connectivity index (χ4v) is 15.4. The zero-order valence-corrected chi connectivity index (χ0v) is 73.3. The Bertz CT molecular complexity index is 2100. The van der Waals surface area contributed by atoms with Crippen molar-refractivity contribution in [2.24, 2.45) is 23.7 Å². The van der Waals surface area contributed by atoms with Gasteiger partial charge in [-0.25, -0.2) is 9.13 Å². The van der Waals surface area contributed by atoms with Gasteiger partial charge in [0.25, 0.3) is 0 Å². The molecule has 0 bridgehead atoms. The van der Waals surface area contributed by atoms with Crippen LogP contribution in [0.4, 0.5) is 0 Å². The lowest BCUT2D eigenvalue weighted by atomic mass is 9.99. The standard InChI is InChI=1S/C89H174O17P2/c1-9-82(8)68-60-52-44-35-29-23-19-15-11-13-17-21-25-31-37-47-55-63-71-88(93)105-84(75-99-86(91)69-61-53-45-36-30-24-20-16-12-10-14-18-22-27-33-41-49-57-65-79(2)3)77-103-107(95,96)101-73-83(90)74-102-108(97,98)104-78-85(76-100-87(92)70-62-54-46-40-39-43-51-59-67-81(6)7)106-89(94)72-64-56-48-38-32-26-28-34-42-50-58-66-80(4)5/h79-85,90H,9-78H2,1-8H3,(H,95,96)(H,97,98)/t82?,83-,84-,85-/m1/s1. The van der Waals surface area contributed by atoms with Crippen LogP contribution in [0.15, 0.2) is 0 Å². The van der Waals surface area contributed by atoms with Gasteiger partial charge < -0.3 is 33.8 Å². The molecule has 0 saturated heterocycles. The summed E-state index contributed by atoms with van der Waals surface area (Å²) in [6.45, 7) is 14.4. The van der Waals surface area contributed by atoms with Gasteiger partial charge in [0.15, 0.2) is 12.2 Å². The lowest BCUT2D eigenvalue weighted by molar-refractivity contribution is -0.161. The van der Waals surface area contributed by atoms with Crippen LogP contribution < -0.4 is 0 Å². The van der Waals surface area contributed by atoms with Crippen molar-refractivity contribution in [3.8, 4) is 0 Å². The van der Waals surface area contributed by atoms with Crippen LogP contribution in [0.1, 0.15) is 466 Å². The summed E-state index contributed by atoms with van der Waals surface area (Å²) in [6, 6.07) is 0. The minimum absolute atomic E-state index is 0.106. The molecule has 0 aliphatic heterocycles. The molecular formula is C89H174O17P2. The third kappa shape index (κ3) is 80.7. The second-order valence-electron chi connectivity index (χ2n) is 33.7. The quantitative estimate of drug-likeness (QED) is 0.0222. The monoisotopic (exact) mass is 1580 g/mol. The molecule has 6 atom stereocenters. The Morgan fingerprint density at radius 1 is 0.259 bits per heavy atom. The third-order valence-corrected chi connectivity index (χ3v) is 23.1. The predicted molar refractivity (Wildman–Crippen MR) is 446 cm³/mol. The van der Waals surface area contributed by atoms with Crippen LogP contribution in [0.5, 0.6) is 0 Å². The van der Waals surface area contributed by atoms with E-state index in [2.05, 4.69) is 55.4 Å². The van der Waals surface area contributed by atoms with Crippen LogP contribution in [-0.4, -0.2) is 96.7 Å². The largest absolute Gasteiger partial charge is 0.472 e. The molecule has 0 amide bonds. The number of esters is 4. The van der Waals surface area contributed by atoms with Gasteiger partial charge in [0, 0.05) is 25.7 Å². The first-order chi connectivity index (χ1) is 52.1. The highest BCUT2D eigenvalue weighted by atomic mass is 31.2. The van der Waals surface area contributed by atoms with E-state index in [1.807, 2.05) is 0 Å². The van der Waals surface area contributed by atoms with Crippen molar-refractivity contribution in [2.75, 3.05) is 39.6 Å². The van der Waals surface area contributed by atoms with Gasteiger partial charge in [-0.3, -0.25) is 37.3 Å².